The van der Waals surface area contributed by atoms with E-state index >= 15 is 0 Å². The lowest BCUT2D eigenvalue weighted by atomic mass is 10.0. The fourth-order valence-corrected chi connectivity index (χ4v) is 2.51. The van der Waals surface area contributed by atoms with Gasteiger partial charge >= 0.3 is 0 Å². The maximum Gasteiger partial charge on any atom is 0.154 e. The van der Waals surface area contributed by atoms with Crippen LogP contribution in [0.1, 0.15) is 23.7 Å². The van der Waals surface area contributed by atoms with E-state index in [0.717, 1.165) is 42.4 Å². The Kier molecular flexibility index (Phi) is 2.33. The summed E-state index contributed by atoms with van der Waals surface area (Å²) in [6, 6.07) is 4.22. The third-order valence-electron chi connectivity index (χ3n) is 3.41. The summed E-state index contributed by atoms with van der Waals surface area (Å²) in [4.78, 5) is 4.62. The molecule has 1 aliphatic rings. The number of rotatable bonds is 1. The Morgan fingerprint density at radius 2 is 2.24 bits per heavy atom. The molecule has 2 N–H and O–H groups in total. The summed E-state index contributed by atoms with van der Waals surface area (Å²) < 4.78 is 7.89. The highest BCUT2D eigenvalue weighted by Crippen LogP contribution is 2.29. The summed E-state index contributed by atoms with van der Waals surface area (Å²) in [5.41, 5.74) is 8.25. The molecule has 2 aromatic rings. The molecule has 0 saturated carbocycles. The van der Waals surface area contributed by atoms with Crippen molar-refractivity contribution in [2.24, 2.45) is 5.73 Å². The Labute approximate surface area is 100 Å². The van der Waals surface area contributed by atoms with E-state index < -0.39 is 0 Å². The van der Waals surface area contributed by atoms with E-state index in [1.807, 2.05) is 26.0 Å². The molecule has 0 bridgehead atoms. The molecule has 0 amide bonds. The van der Waals surface area contributed by atoms with Crippen molar-refractivity contribution >= 4 is 0 Å². The summed E-state index contributed by atoms with van der Waals surface area (Å²) in [5, 5.41) is 0. The SMILES string of the molecule is Cc1ccc(-c2nc(C)n3c2CCC(N)C3)o1. The Morgan fingerprint density at radius 1 is 1.41 bits per heavy atom. The number of furan rings is 1. The van der Waals surface area contributed by atoms with Crippen molar-refractivity contribution in [3.05, 3.63) is 29.4 Å². The third kappa shape index (κ3) is 1.69. The maximum atomic E-state index is 6.00. The molecule has 17 heavy (non-hydrogen) atoms. The first-order valence-corrected chi connectivity index (χ1v) is 6.03. The summed E-state index contributed by atoms with van der Waals surface area (Å²) in [6.45, 7) is 4.85. The number of fused-ring (bicyclic) bond motifs is 1. The molecule has 0 spiro atoms. The van der Waals surface area contributed by atoms with Crippen molar-refractivity contribution in [3.63, 3.8) is 0 Å². The second-order valence-corrected chi connectivity index (χ2v) is 4.77. The summed E-state index contributed by atoms with van der Waals surface area (Å²) in [7, 11) is 0. The number of imidazole rings is 1. The van der Waals surface area contributed by atoms with E-state index in [1.165, 1.54) is 5.69 Å². The number of hydrogen-bond acceptors (Lipinski definition) is 3. The zero-order chi connectivity index (χ0) is 12.0. The van der Waals surface area contributed by atoms with Crippen molar-refractivity contribution in [2.75, 3.05) is 0 Å². The number of aromatic nitrogens is 2. The molecular weight excluding hydrogens is 214 g/mol. The van der Waals surface area contributed by atoms with Crippen molar-refractivity contribution in [2.45, 2.75) is 39.3 Å². The molecule has 1 unspecified atom stereocenters. The van der Waals surface area contributed by atoms with Gasteiger partial charge in [-0.2, -0.15) is 0 Å². The minimum Gasteiger partial charge on any atom is -0.460 e. The van der Waals surface area contributed by atoms with Crippen LogP contribution in [0.25, 0.3) is 11.5 Å². The molecule has 3 rings (SSSR count). The van der Waals surface area contributed by atoms with Gasteiger partial charge in [0.25, 0.3) is 0 Å². The van der Waals surface area contributed by atoms with Crippen molar-refractivity contribution in [1.82, 2.24) is 9.55 Å². The zero-order valence-electron chi connectivity index (χ0n) is 10.2. The molecule has 0 fully saturated rings. The molecule has 90 valence electrons. The molecule has 0 aliphatic carbocycles. The molecule has 0 radical (unpaired) electrons. The molecule has 4 nitrogen and oxygen atoms in total. The quantitative estimate of drug-likeness (QED) is 0.817. The van der Waals surface area contributed by atoms with Crippen LogP contribution in [-0.2, 0) is 13.0 Å². The Balaban J connectivity index is 2.10. The minimum absolute atomic E-state index is 0.251. The largest absolute Gasteiger partial charge is 0.460 e. The molecule has 0 aromatic carbocycles. The number of nitrogens with zero attached hydrogens (tertiary/aromatic N) is 2. The Bertz CT molecular complexity index is 553. The number of hydrogen-bond donors (Lipinski definition) is 1. The maximum absolute atomic E-state index is 6.00. The van der Waals surface area contributed by atoms with E-state index in [2.05, 4.69) is 9.55 Å². The summed E-state index contributed by atoms with van der Waals surface area (Å²) in [6.07, 6.45) is 2.01. The van der Waals surface area contributed by atoms with Crippen LogP contribution >= 0.6 is 0 Å². The van der Waals surface area contributed by atoms with Crippen LogP contribution in [0.2, 0.25) is 0 Å². The van der Waals surface area contributed by atoms with E-state index in [-0.39, 0.29) is 6.04 Å². The second-order valence-electron chi connectivity index (χ2n) is 4.77. The fraction of sp³-hybridized carbons (Fsp3) is 0.462. The van der Waals surface area contributed by atoms with Gasteiger partial charge in [0, 0.05) is 18.3 Å². The van der Waals surface area contributed by atoms with Gasteiger partial charge in [0.2, 0.25) is 0 Å². The van der Waals surface area contributed by atoms with Crippen molar-refractivity contribution in [3.8, 4) is 11.5 Å². The topological polar surface area (TPSA) is 57.0 Å². The van der Waals surface area contributed by atoms with Gasteiger partial charge in [0.1, 0.15) is 17.3 Å². The summed E-state index contributed by atoms with van der Waals surface area (Å²) in [5.74, 6) is 2.82. The Hall–Kier alpha value is -1.55. The molecular formula is C13H17N3O. The van der Waals surface area contributed by atoms with Crippen LogP contribution < -0.4 is 5.73 Å². The molecule has 3 heterocycles. The lowest BCUT2D eigenvalue weighted by Gasteiger charge is -2.22. The average Bonchev–Trinajstić information content (AvgIpc) is 2.84. The van der Waals surface area contributed by atoms with Crippen molar-refractivity contribution < 1.29 is 4.42 Å². The van der Waals surface area contributed by atoms with Crippen LogP contribution in [0.5, 0.6) is 0 Å². The highest BCUT2D eigenvalue weighted by Gasteiger charge is 2.23. The smallest absolute Gasteiger partial charge is 0.154 e. The van der Waals surface area contributed by atoms with Crippen LogP contribution in [0.4, 0.5) is 0 Å². The van der Waals surface area contributed by atoms with Crippen LogP contribution in [-0.4, -0.2) is 15.6 Å². The van der Waals surface area contributed by atoms with Gasteiger partial charge in [-0.15, -0.1) is 0 Å². The van der Waals surface area contributed by atoms with E-state index in [0.29, 0.717) is 0 Å². The molecule has 4 heteroatoms. The average molecular weight is 231 g/mol. The minimum atomic E-state index is 0.251. The lowest BCUT2D eigenvalue weighted by Crippen LogP contribution is -2.32. The fourth-order valence-electron chi connectivity index (χ4n) is 2.51. The highest BCUT2D eigenvalue weighted by atomic mass is 16.3. The van der Waals surface area contributed by atoms with Crippen LogP contribution in [0, 0.1) is 13.8 Å². The first-order chi connectivity index (χ1) is 8.15. The monoisotopic (exact) mass is 231 g/mol. The molecule has 2 aromatic heterocycles. The third-order valence-corrected chi connectivity index (χ3v) is 3.41. The van der Waals surface area contributed by atoms with Gasteiger partial charge in [0.05, 0.1) is 0 Å². The predicted octanol–water partition coefficient (Wildman–Crippen LogP) is 2.03. The van der Waals surface area contributed by atoms with Crippen molar-refractivity contribution in [1.29, 1.82) is 0 Å². The van der Waals surface area contributed by atoms with Gasteiger partial charge in [-0.3, -0.25) is 0 Å². The van der Waals surface area contributed by atoms with Crippen LogP contribution in [0.3, 0.4) is 0 Å². The number of aryl methyl sites for hydroxylation is 2. The van der Waals surface area contributed by atoms with Gasteiger partial charge in [-0.1, -0.05) is 0 Å². The normalized spacial score (nSPS) is 19.4. The second kappa shape index (κ2) is 3.74. The summed E-state index contributed by atoms with van der Waals surface area (Å²) >= 11 is 0. The van der Waals surface area contributed by atoms with Gasteiger partial charge in [-0.05, 0) is 38.8 Å². The van der Waals surface area contributed by atoms with E-state index in [9.17, 15) is 0 Å². The van der Waals surface area contributed by atoms with Gasteiger partial charge in [-0.25, -0.2) is 4.98 Å². The van der Waals surface area contributed by atoms with Crippen LogP contribution in [0.15, 0.2) is 16.5 Å². The molecule has 0 saturated heterocycles. The molecule has 1 aliphatic heterocycles. The van der Waals surface area contributed by atoms with Gasteiger partial charge < -0.3 is 14.7 Å². The lowest BCUT2D eigenvalue weighted by molar-refractivity contribution is 0.453. The molecule has 1 atom stereocenters. The first kappa shape index (κ1) is 10.6. The number of nitrogens with two attached hydrogens (primary N) is 1. The van der Waals surface area contributed by atoms with E-state index in [4.69, 9.17) is 10.2 Å². The first-order valence-electron chi connectivity index (χ1n) is 6.03. The van der Waals surface area contributed by atoms with E-state index in [1.54, 1.807) is 0 Å². The predicted molar refractivity (Wildman–Crippen MR) is 65.7 cm³/mol. The standard InChI is InChI=1S/C13H17N3O/c1-8-3-6-12(17-8)13-11-5-4-10(14)7-16(11)9(2)15-13/h3,6,10H,4-5,7,14H2,1-2H3. The Morgan fingerprint density at radius 3 is 2.94 bits per heavy atom. The highest BCUT2D eigenvalue weighted by molar-refractivity contribution is 5.57. The van der Waals surface area contributed by atoms with Gasteiger partial charge in [0.15, 0.2) is 5.76 Å². The zero-order valence-corrected chi connectivity index (χ0v) is 10.2.